The van der Waals surface area contributed by atoms with Crippen LogP contribution in [0.3, 0.4) is 0 Å². The zero-order chi connectivity index (χ0) is 29.4. The van der Waals surface area contributed by atoms with E-state index in [0.29, 0.717) is 19.6 Å². The van der Waals surface area contributed by atoms with Gasteiger partial charge in [-0.1, -0.05) is 161 Å². The Morgan fingerprint density at radius 1 is 0.550 bits per heavy atom. The van der Waals surface area contributed by atoms with Crippen molar-refractivity contribution >= 4 is 11.9 Å². The van der Waals surface area contributed by atoms with Crippen molar-refractivity contribution in [2.75, 3.05) is 13.2 Å². The Morgan fingerprint density at radius 2 is 0.900 bits per heavy atom. The highest BCUT2D eigenvalue weighted by Gasteiger charge is 2.16. The van der Waals surface area contributed by atoms with Crippen molar-refractivity contribution in [2.45, 2.75) is 200 Å². The molecule has 1 atom stereocenters. The summed E-state index contributed by atoms with van der Waals surface area (Å²) in [6.07, 6.45) is 34.6. The first-order valence-electron chi connectivity index (χ1n) is 17.7. The van der Waals surface area contributed by atoms with Gasteiger partial charge in [0.2, 0.25) is 5.91 Å². The fourth-order valence-corrected chi connectivity index (χ4v) is 5.31. The molecule has 0 heterocycles. The molecule has 0 aromatic rings. The summed E-state index contributed by atoms with van der Waals surface area (Å²) >= 11 is 0. The molecule has 0 fully saturated rings. The number of esters is 1. The highest BCUT2D eigenvalue weighted by atomic mass is 16.5. The molecule has 0 spiro atoms. The molecular formula is C35H69NO4. The molecular weight excluding hydrogens is 498 g/mol. The van der Waals surface area contributed by atoms with Gasteiger partial charge in [-0.3, -0.25) is 4.79 Å². The maximum Gasteiger partial charge on any atom is 0.328 e. The number of aliphatic hydroxyl groups excluding tert-OH is 1. The molecule has 0 bridgehead atoms. The number of amides is 1. The maximum absolute atomic E-state index is 12.1. The van der Waals surface area contributed by atoms with Gasteiger partial charge in [0.1, 0.15) is 6.04 Å². The van der Waals surface area contributed by atoms with Crippen LogP contribution in [0.15, 0.2) is 0 Å². The van der Waals surface area contributed by atoms with Gasteiger partial charge in [0.15, 0.2) is 0 Å². The van der Waals surface area contributed by atoms with Gasteiger partial charge in [0.05, 0.1) is 6.61 Å². The summed E-state index contributed by atoms with van der Waals surface area (Å²) in [5, 5.41) is 11.6. The number of rotatable bonds is 32. The van der Waals surface area contributed by atoms with E-state index in [1.54, 1.807) is 6.92 Å². The van der Waals surface area contributed by atoms with Crippen LogP contribution in [0.1, 0.15) is 194 Å². The summed E-state index contributed by atoms with van der Waals surface area (Å²) in [4.78, 5) is 24.2. The number of ether oxygens (including phenoxy) is 1. The largest absolute Gasteiger partial charge is 0.464 e. The Bertz CT molecular complexity index is 539. The zero-order valence-corrected chi connectivity index (χ0v) is 27.0. The van der Waals surface area contributed by atoms with E-state index >= 15 is 0 Å². The molecule has 0 aliphatic heterocycles. The van der Waals surface area contributed by atoms with Crippen molar-refractivity contribution in [1.29, 1.82) is 0 Å². The maximum atomic E-state index is 12.1. The number of carbonyl (C=O) groups is 2. The molecule has 0 unspecified atom stereocenters. The van der Waals surface area contributed by atoms with Gasteiger partial charge in [-0.05, 0) is 26.2 Å². The SMILES string of the molecule is CCCCCCCCCCCC(=O)N[C@@H](C)C(=O)OCCCCCCCCCCCCCCCCCCCCO. The second-order valence-electron chi connectivity index (χ2n) is 12.1. The lowest BCUT2D eigenvalue weighted by atomic mass is 10.0. The quantitative estimate of drug-likeness (QED) is 0.0626. The van der Waals surface area contributed by atoms with Gasteiger partial charge in [-0.2, -0.15) is 0 Å². The van der Waals surface area contributed by atoms with Crippen molar-refractivity contribution < 1.29 is 19.4 Å². The second kappa shape index (κ2) is 32.4. The topological polar surface area (TPSA) is 75.6 Å². The average Bonchev–Trinajstić information content (AvgIpc) is 2.95. The van der Waals surface area contributed by atoms with Crippen molar-refractivity contribution in [3.8, 4) is 0 Å². The number of nitrogens with one attached hydrogen (secondary N) is 1. The first-order chi connectivity index (χ1) is 19.6. The van der Waals surface area contributed by atoms with E-state index < -0.39 is 6.04 Å². The Morgan fingerprint density at radius 3 is 1.30 bits per heavy atom. The van der Waals surface area contributed by atoms with Crippen molar-refractivity contribution in [3.63, 3.8) is 0 Å². The normalized spacial score (nSPS) is 12.0. The van der Waals surface area contributed by atoms with Crippen LogP contribution < -0.4 is 5.32 Å². The molecule has 2 N–H and O–H groups in total. The molecule has 0 radical (unpaired) electrons. The first kappa shape index (κ1) is 38.9. The molecule has 0 rings (SSSR count). The van der Waals surface area contributed by atoms with E-state index in [-0.39, 0.29) is 11.9 Å². The predicted octanol–water partition coefficient (Wildman–Crippen LogP) is 9.97. The molecule has 0 saturated carbocycles. The third-order valence-electron chi connectivity index (χ3n) is 8.04. The Balaban J connectivity index is 3.36. The molecule has 0 aliphatic rings. The molecule has 0 aromatic heterocycles. The lowest BCUT2D eigenvalue weighted by molar-refractivity contribution is -0.147. The second-order valence-corrected chi connectivity index (χ2v) is 12.1. The summed E-state index contributed by atoms with van der Waals surface area (Å²) in [6, 6.07) is -0.557. The minimum atomic E-state index is -0.557. The highest BCUT2D eigenvalue weighted by Crippen LogP contribution is 2.14. The van der Waals surface area contributed by atoms with Crippen LogP contribution in [0, 0.1) is 0 Å². The summed E-state index contributed by atoms with van der Waals surface area (Å²) < 4.78 is 5.37. The smallest absolute Gasteiger partial charge is 0.328 e. The molecule has 40 heavy (non-hydrogen) atoms. The molecule has 0 saturated heterocycles. The highest BCUT2D eigenvalue weighted by molar-refractivity contribution is 5.84. The van der Waals surface area contributed by atoms with Gasteiger partial charge in [-0.25, -0.2) is 4.79 Å². The van der Waals surface area contributed by atoms with E-state index in [2.05, 4.69) is 12.2 Å². The summed E-state index contributed by atoms with van der Waals surface area (Å²) in [5.74, 6) is -0.348. The van der Waals surface area contributed by atoms with Crippen LogP contribution in [0.2, 0.25) is 0 Å². The van der Waals surface area contributed by atoms with Crippen LogP contribution in [0.4, 0.5) is 0 Å². The van der Waals surface area contributed by atoms with Crippen LogP contribution in [0.5, 0.6) is 0 Å². The number of aliphatic hydroxyl groups is 1. The fraction of sp³-hybridized carbons (Fsp3) is 0.943. The van der Waals surface area contributed by atoms with Gasteiger partial charge in [-0.15, -0.1) is 0 Å². The molecule has 238 valence electrons. The lowest BCUT2D eigenvalue weighted by Crippen LogP contribution is -2.39. The number of hydrogen-bond acceptors (Lipinski definition) is 4. The Labute approximate surface area is 249 Å². The van der Waals surface area contributed by atoms with Crippen LogP contribution >= 0.6 is 0 Å². The summed E-state index contributed by atoms with van der Waals surface area (Å²) in [5.41, 5.74) is 0. The van der Waals surface area contributed by atoms with Gasteiger partial charge in [0.25, 0.3) is 0 Å². The standard InChI is InChI=1S/C35H69NO4/c1-3-4-5-6-7-18-21-24-27-30-34(38)36-33(2)35(39)40-32-29-26-23-20-17-15-13-11-9-8-10-12-14-16-19-22-25-28-31-37/h33,37H,3-32H2,1-2H3,(H,36,38)/t33-/m0/s1. The number of unbranched alkanes of at least 4 members (excludes halogenated alkanes) is 25. The first-order valence-corrected chi connectivity index (χ1v) is 17.7. The Hall–Kier alpha value is -1.10. The summed E-state index contributed by atoms with van der Waals surface area (Å²) in [6.45, 7) is 4.77. The zero-order valence-electron chi connectivity index (χ0n) is 27.0. The average molecular weight is 568 g/mol. The van der Waals surface area contributed by atoms with E-state index in [9.17, 15) is 9.59 Å². The molecule has 5 heteroatoms. The van der Waals surface area contributed by atoms with Gasteiger partial charge in [0, 0.05) is 13.0 Å². The molecule has 0 aromatic carbocycles. The summed E-state index contributed by atoms with van der Waals surface area (Å²) in [7, 11) is 0. The van der Waals surface area contributed by atoms with Crippen molar-refractivity contribution in [2.24, 2.45) is 0 Å². The van der Waals surface area contributed by atoms with E-state index in [1.165, 1.54) is 141 Å². The lowest BCUT2D eigenvalue weighted by Gasteiger charge is -2.13. The minimum absolute atomic E-state index is 0.0375. The molecule has 5 nitrogen and oxygen atoms in total. The predicted molar refractivity (Wildman–Crippen MR) is 171 cm³/mol. The van der Waals surface area contributed by atoms with Crippen LogP contribution in [-0.2, 0) is 14.3 Å². The van der Waals surface area contributed by atoms with Crippen LogP contribution in [0.25, 0.3) is 0 Å². The van der Waals surface area contributed by atoms with Gasteiger partial charge < -0.3 is 15.2 Å². The van der Waals surface area contributed by atoms with Crippen LogP contribution in [-0.4, -0.2) is 36.2 Å². The van der Waals surface area contributed by atoms with E-state index in [0.717, 1.165) is 32.1 Å². The Kier molecular flexibility index (Phi) is 31.5. The van der Waals surface area contributed by atoms with Crippen molar-refractivity contribution in [1.82, 2.24) is 5.32 Å². The van der Waals surface area contributed by atoms with Crippen molar-refractivity contribution in [3.05, 3.63) is 0 Å². The third-order valence-corrected chi connectivity index (χ3v) is 8.04. The monoisotopic (exact) mass is 568 g/mol. The molecule has 1 amide bonds. The van der Waals surface area contributed by atoms with Gasteiger partial charge >= 0.3 is 5.97 Å². The fourth-order valence-electron chi connectivity index (χ4n) is 5.31. The van der Waals surface area contributed by atoms with E-state index in [1.807, 2.05) is 0 Å². The number of hydrogen-bond donors (Lipinski definition) is 2. The minimum Gasteiger partial charge on any atom is -0.464 e. The third kappa shape index (κ3) is 29.9. The van der Waals surface area contributed by atoms with E-state index in [4.69, 9.17) is 9.84 Å². The molecule has 0 aliphatic carbocycles. The number of carbonyl (C=O) groups excluding carboxylic acids is 2.